The summed E-state index contributed by atoms with van der Waals surface area (Å²) in [6.07, 6.45) is 2.19. The molecule has 4 aromatic rings. The zero-order valence-corrected chi connectivity index (χ0v) is 19.0. The number of benzene rings is 3. The van der Waals surface area contributed by atoms with Crippen LogP contribution in [-0.2, 0) is 11.8 Å². The van der Waals surface area contributed by atoms with Gasteiger partial charge in [0.2, 0.25) is 0 Å². The molecule has 0 radical (unpaired) electrons. The molecule has 4 nitrogen and oxygen atoms in total. The molecule has 3 aromatic carbocycles. The molecule has 1 aromatic heterocycles. The summed E-state index contributed by atoms with van der Waals surface area (Å²) in [4.78, 5) is 13.0. The maximum Gasteiger partial charge on any atom is 0.314 e. The Morgan fingerprint density at radius 3 is 2.19 bits per heavy atom. The van der Waals surface area contributed by atoms with Gasteiger partial charge in [-0.1, -0.05) is 62.4 Å². The number of carbonyl (C=O) groups is 1. The highest BCUT2D eigenvalue weighted by molar-refractivity contribution is 5.85. The van der Waals surface area contributed by atoms with Crippen molar-refractivity contribution in [2.45, 2.75) is 19.8 Å². The van der Waals surface area contributed by atoms with Crippen LogP contribution < -0.4 is 9.47 Å². The van der Waals surface area contributed by atoms with Gasteiger partial charge < -0.3 is 14.0 Å². The molecule has 0 fully saturated rings. The Kier molecular flexibility index (Phi) is 6.31. The number of hydrogen-bond acceptors (Lipinski definition) is 3. The Hall–Kier alpha value is -3.53. The summed E-state index contributed by atoms with van der Waals surface area (Å²) in [5.74, 6) is 0.886. The largest absolute Gasteiger partial charge is 0.497 e. The molecule has 0 aliphatic heterocycles. The zero-order chi connectivity index (χ0) is 22.7. The number of rotatable bonds is 7. The number of nitrogens with zero attached hydrogens (tertiary/aromatic N) is 1. The molecule has 4 heteroatoms. The van der Waals surface area contributed by atoms with Crippen LogP contribution in [0.4, 0.5) is 0 Å². The molecular weight excluding hydrogens is 398 g/mol. The Bertz CT molecular complexity index is 1190. The highest BCUT2D eigenvalue weighted by atomic mass is 16.5. The number of para-hydroxylation sites is 2. The summed E-state index contributed by atoms with van der Waals surface area (Å²) in [6.45, 7) is 4.09. The second-order valence-corrected chi connectivity index (χ2v) is 8.35. The Morgan fingerprint density at radius 1 is 0.844 bits per heavy atom. The highest BCUT2D eigenvalue weighted by Gasteiger charge is 2.33. The second kappa shape index (κ2) is 9.31. The number of aryl methyl sites for hydroxylation is 1. The van der Waals surface area contributed by atoms with E-state index in [1.54, 1.807) is 19.2 Å². The fourth-order valence-corrected chi connectivity index (χ4v) is 4.40. The van der Waals surface area contributed by atoms with Crippen molar-refractivity contribution in [3.63, 3.8) is 0 Å². The van der Waals surface area contributed by atoms with Crippen LogP contribution >= 0.6 is 0 Å². The maximum absolute atomic E-state index is 13.0. The average molecular weight is 428 g/mol. The van der Waals surface area contributed by atoms with Crippen molar-refractivity contribution in [1.82, 2.24) is 4.57 Å². The number of hydrogen-bond donors (Lipinski definition) is 0. The van der Waals surface area contributed by atoms with Gasteiger partial charge in [0.05, 0.1) is 13.0 Å². The van der Waals surface area contributed by atoms with Gasteiger partial charge in [0.25, 0.3) is 0 Å². The Morgan fingerprint density at radius 2 is 1.50 bits per heavy atom. The molecule has 1 heterocycles. The molecule has 4 rings (SSSR count). The molecule has 0 N–H and O–H groups in total. The van der Waals surface area contributed by atoms with E-state index >= 15 is 0 Å². The van der Waals surface area contributed by atoms with E-state index in [1.807, 2.05) is 37.3 Å². The first kappa shape index (κ1) is 21.7. The van der Waals surface area contributed by atoms with Gasteiger partial charge in [-0.3, -0.25) is 4.79 Å². The number of carbonyl (C=O) groups excluding carboxylic acids is 1. The number of ether oxygens (including phenoxy) is 2. The van der Waals surface area contributed by atoms with Gasteiger partial charge in [0.1, 0.15) is 11.5 Å². The van der Waals surface area contributed by atoms with Crippen LogP contribution in [0.3, 0.4) is 0 Å². The van der Waals surface area contributed by atoms with Crippen molar-refractivity contribution >= 4 is 16.9 Å². The second-order valence-electron chi connectivity index (χ2n) is 8.35. The lowest BCUT2D eigenvalue weighted by Crippen LogP contribution is -2.28. The van der Waals surface area contributed by atoms with Gasteiger partial charge in [-0.15, -0.1) is 0 Å². The van der Waals surface area contributed by atoms with Crippen LogP contribution in [0.5, 0.6) is 11.5 Å². The van der Waals surface area contributed by atoms with Crippen LogP contribution in [-0.4, -0.2) is 17.6 Å². The molecule has 0 amide bonds. The van der Waals surface area contributed by atoms with E-state index in [9.17, 15) is 4.79 Å². The van der Waals surface area contributed by atoms with Crippen LogP contribution in [0.25, 0.3) is 10.9 Å². The van der Waals surface area contributed by atoms with Gasteiger partial charge >= 0.3 is 5.97 Å². The van der Waals surface area contributed by atoms with Crippen molar-refractivity contribution in [2.75, 3.05) is 7.11 Å². The minimum atomic E-state index is -0.304. The van der Waals surface area contributed by atoms with Crippen molar-refractivity contribution in [3.05, 3.63) is 96.2 Å². The van der Waals surface area contributed by atoms with Crippen LogP contribution in [0.2, 0.25) is 0 Å². The number of aromatic nitrogens is 1. The van der Waals surface area contributed by atoms with Crippen LogP contribution in [0, 0.1) is 11.8 Å². The van der Waals surface area contributed by atoms with Crippen molar-refractivity contribution < 1.29 is 14.3 Å². The van der Waals surface area contributed by atoms with E-state index in [2.05, 4.69) is 61.1 Å². The molecule has 32 heavy (non-hydrogen) atoms. The minimum absolute atomic E-state index is 0.00501. The molecule has 0 saturated heterocycles. The average Bonchev–Trinajstić information content (AvgIpc) is 3.16. The quantitative estimate of drug-likeness (QED) is 0.261. The predicted molar refractivity (Wildman–Crippen MR) is 128 cm³/mol. The van der Waals surface area contributed by atoms with Gasteiger partial charge in [-0.25, -0.2) is 0 Å². The minimum Gasteiger partial charge on any atom is -0.497 e. The molecule has 0 spiro atoms. The lowest BCUT2D eigenvalue weighted by atomic mass is 9.76. The molecule has 0 bridgehead atoms. The third kappa shape index (κ3) is 4.26. The number of fused-ring (bicyclic) bond motifs is 1. The van der Waals surface area contributed by atoms with Crippen molar-refractivity contribution in [2.24, 2.45) is 18.9 Å². The molecule has 0 saturated carbocycles. The lowest BCUT2D eigenvalue weighted by molar-refractivity contribution is -0.140. The lowest BCUT2D eigenvalue weighted by Gasteiger charge is -2.28. The third-order valence-corrected chi connectivity index (χ3v) is 6.39. The third-order valence-electron chi connectivity index (χ3n) is 6.39. The first-order chi connectivity index (χ1) is 15.5. The predicted octanol–water partition coefficient (Wildman–Crippen LogP) is 6.20. The Labute approximate surface area is 189 Å². The summed E-state index contributed by atoms with van der Waals surface area (Å²) >= 11 is 0. The summed E-state index contributed by atoms with van der Waals surface area (Å²) in [5.41, 5.74) is 3.53. The normalized spacial score (nSPS) is 14.0. The Balaban J connectivity index is 1.73. The van der Waals surface area contributed by atoms with Crippen molar-refractivity contribution in [3.8, 4) is 11.5 Å². The fraction of sp³-hybridized carbons (Fsp3) is 0.250. The number of methoxy groups -OCH3 is 1. The molecule has 3 unspecified atom stereocenters. The van der Waals surface area contributed by atoms with E-state index in [0.717, 1.165) is 11.3 Å². The topological polar surface area (TPSA) is 40.5 Å². The van der Waals surface area contributed by atoms with Gasteiger partial charge in [0, 0.05) is 30.1 Å². The monoisotopic (exact) mass is 427 g/mol. The molecule has 3 atom stereocenters. The van der Waals surface area contributed by atoms with Crippen molar-refractivity contribution in [1.29, 1.82) is 0 Å². The molecule has 0 aliphatic rings. The molecule has 0 aliphatic carbocycles. The summed E-state index contributed by atoms with van der Waals surface area (Å²) < 4.78 is 13.2. The summed E-state index contributed by atoms with van der Waals surface area (Å²) in [6, 6.07) is 25.8. The maximum atomic E-state index is 13.0. The summed E-state index contributed by atoms with van der Waals surface area (Å²) in [7, 11) is 3.73. The van der Waals surface area contributed by atoms with E-state index in [-0.39, 0.29) is 23.7 Å². The first-order valence-electron chi connectivity index (χ1n) is 10.9. The van der Waals surface area contributed by atoms with Crippen LogP contribution in [0.15, 0.2) is 85.1 Å². The zero-order valence-electron chi connectivity index (χ0n) is 19.0. The van der Waals surface area contributed by atoms with Gasteiger partial charge in [0.15, 0.2) is 0 Å². The van der Waals surface area contributed by atoms with Crippen LogP contribution in [0.1, 0.15) is 30.9 Å². The van der Waals surface area contributed by atoms with E-state index in [1.165, 1.54) is 16.5 Å². The fourth-order valence-electron chi connectivity index (χ4n) is 4.40. The standard InChI is InChI=1S/C28H29NO3/c1-19(20(2)28(30)32-23-10-6-5-7-11-23)27(21-14-16-22(31-4)17-15-21)25-18-29(3)26-13-9-8-12-24(25)26/h5-20,27H,1-4H3. The first-order valence-corrected chi connectivity index (χ1v) is 10.9. The van der Waals surface area contributed by atoms with E-state index in [4.69, 9.17) is 9.47 Å². The van der Waals surface area contributed by atoms with Gasteiger partial charge in [-0.05, 0) is 47.4 Å². The molecular formula is C28H29NO3. The van der Waals surface area contributed by atoms with E-state index in [0.29, 0.717) is 5.75 Å². The highest BCUT2D eigenvalue weighted by Crippen LogP contribution is 2.41. The van der Waals surface area contributed by atoms with Gasteiger partial charge in [-0.2, -0.15) is 0 Å². The number of esters is 1. The SMILES string of the molecule is COc1ccc(C(c2cn(C)c3ccccc23)C(C)C(C)C(=O)Oc2ccccc2)cc1. The van der Waals surface area contributed by atoms with E-state index < -0.39 is 0 Å². The summed E-state index contributed by atoms with van der Waals surface area (Å²) in [5, 5.41) is 1.20. The molecule has 164 valence electrons. The smallest absolute Gasteiger partial charge is 0.314 e.